The van der Waals surface area contributed by atoms with E-state index in [-0.39, 0.29) is 0 Å². The maximum Gasteiger partial charge on any atom is 0.127 e. The van der Waals surface area contributed by atoms with Crippen LogP contribution in [0.5, 0.6) is 0 Å². The lowest BCUT2D eigenvalue weighted by atomic mass is 10.2. The van der Waals surface area contributed by atoms with Crippen molar-refractivity contribution >= 4 is 5.82 Å². The van der Waals surface area contributed by atoms with Gasteiger partial charge >= 0.3 is 0 Å². The maximum absolute atomic E-state index is 4.37. The Balaban J connectivity index is 2.50. The first kappa shape index (κ1) is 12.0. The molecule has 84 valence electrons. The number of nitrogens with one attached hydrogen (secondary N) is 1. The number of hydrogen-bond donors (Lipinski definition) is 1. The van der Waals surface area contributed by atoms with E-state index < -0.39 is 0 Å². The van der Waals surface area contributed by atoms with Crippen molar-refractivity contribution in [1.29, 1.82) is 0 Å². The van der Waals surface area contributed by atoms with Crippen LogP contribution in [0.3, 0.4) is 0 Å². The summed E-state index contributed by atoms with van der Waals surface area (Å²) in [5.41, 5.74) is 1.24. The van der Waals surface area contributed by atoms with E-state index in [2.05, 4.69) is 30.2 Å². The van der Waals surface area contributed by atoms with Gasteiger partial charge in [0.2, 0.25) is 0 Å². The van der Waals surface area contributed by atoms with E-state index >= 15 is 0 Å². The van der Waals surface area contributed by atoms with Crippen LogP contribution in [0.1, 0.15) is 25.8 Å². The number of pyridine rings is 1. The number of aromatic nitrogens is 1. The molecule has 0 saturated carbocycles. The quantitative estimate of drug-likeness (QED) is 0.801. The fourth-order valence-corrected chi connectivity index (χ4v) is 1.22. The van der Waals surface area contributed by atoms with Crippen molar-refractivity contribution in [2.24, 2.45) is 0 Å². The van der Waals surface area contributed by atoms with Crippen LogP contribution >= 0.6 is 0 Å². The van der Waals surface area contributed by atoms with Crippen molar-refractivity contribution < 1.29 is 0 Å². The average Bonchev–Trinajstić information content (AvgIpc) is 2.26. The third-order valence-corrected chi connectivity index (χ3v) is 2.53. The van der Waals surface area contributed by atoms with Crippen molar-refractivity contribution in [2.45, 2.75) is 32.9 Å². The zero-order chi connectivity index (χ0) is 11.3. The first-order valence-corrected chi connectivity index (χ1v) is 5.49. The monoisotopic (exact) mass is 207 g/mol. The lowest BCUT2D eigenvalue weighted by molar-refractivity contribution is 0.533. The Morgan fingerprint density at radius 2 is 2.13 bits per heavy atom. The van der Waals surface area contributed by atoms with E-state index in [9.17, 15) is 0 Å². The molecule has 1 heterocycles. The molecule has 0 amide bonds. The highest BCUT2D eigenvalue weighted by atomic mass is 15.1. The third kappa shape index (κ3) is 3.88. The number of nitrogens with zero attached hydrogens (tertiary/aromatic N) is 2. The van der Waals surface area contributed by atoms with Gasteiger partial charge in [0.1, 0.15) is 5.82 Å². The zero-order valence-corrected chi connectivity index (χ0v) is 10.1. The molecule has 1 rings (SSSR count). The molecule has 1 aromatic rings. The molecule has 0 bridgehead atoms. The Morgan fingerprint density at radius 1 is 1.40 bits per heavy atom. The first-order chi connectivity index (χ1) is 7.13. The van der Waals surface area contributed by atoms with Gasteiger partial charge in [-0.25, -0.2) is 4.98 Å². The van der Waals surface area contributed by atoms with Gasteiger partial charge in [0.05, 0.1) is 0 Å². The summed E-state index contributed by atoms with van der Waals surface area (Å²) in [6.07, 6.45) is 3.09. The topological polar surface area (TPSA) is 28.2 Å². The second kappa shape index (κ2) is 5.71. The summed E-state index contributed by atoms with van der Waals surface area (Å²) in [6.45, 7) is 5.28. The lowest BCUT2D eigenvalue weighted by Gasteiger charge is -2.13. The highest BCUT2D eigenvalue weighted by molar-refractivity contribution is 5.37. The molecule has 0 aliphatic carbocycles. The number of rotatable bonds is 5. The second-order valence-corrected chi connectivity index (χ2v) is 4.11. The zero-order valence-electron chi connectivity index (χ0n) is 10.1. The Morgan fingerprint density at radius 3 is 2.60 bits per heavy atom. The molecule has 0 aromatic carbocycles. The van der Waals surface area contributed by atoms with E-state index in [4.69, 9.17) is 0 Å². The van der Waals surface area contributed by atoms with Crippen molar-refractivity contribution in [3.63, 3.8) is 0 Å². The summed E-state index contributed by atoms with van der Waals surface area (Å²) in [4.78, 5) is 6.37. The standard InChI is InChI=1S/C12H21N3/c1-5-10(2)13-8-11-6-7-12(14-9-11)15(3)4/h6-7,9-10,13H,5,8H2,1-4H3. The van der Waals surface area contributed by atoms with Crippen LogP contribution in [0.4, 0.5) is 5.82 Å². The van der Waals surface area contributed by atoms with Crippen LogP contribution in [0.2, 0.25) is 0 Å². The Kier molecular flexibility index (Phi) is 4.56. The Labute approximate surface area is 92.5 Å². The van der Waals surface area contributed by atoms with Crippen LogP contribution in [0.25, 0.3) is 0 Å². The largest absolute Gasteiger partial charge is 0.363 e. The summed E-state index contributed by atoms with van der Waals surface area (Å²) in [5.74, 6) is 1.00. The van der Waals surface area contributed by atoms with Crippen LogP contribution in [-0.2, 0) is 6.54 Å². The molecule has 1 atom stereocenters. The van der Waals surface area contributed by atoms with Gasteiger partial charge in [-0.2, -0.15) is 0 Å². The summed E-state index contributed by atoms with van der Waals surface area (Å²) in [7, 11) is 4.00. The minimum Gasteiger partial charge on any atom is -0.363 e. The molecular formula is C12H21N3. The van der Waals surface area contributed by atoms with Crippen LogP contribution in [0.15, 0.2) is 18.3 Å². The Hall–Kier alpha value is -1.09. The number of hydrogen-bond acceptors (Lipinski definition) is 3. The molecule has 0 fully saturated rings. The maximum atomic E-state index is 4.37. The van der Waals surface area contributed by atoms with E-state index in [0.29, 0.717) is 6.04 Å². The van der Waals surface area contributed by atoms with Gasteiger partial charge in [0.15, 0.2) is 0 Å². The van der Waals surface area contributed by atoms with Crippen molar-refractivity contribution in [1.82, 2.24) is 10.3 Å². The van der Waals surface area contributed by atoms with E-state index in [1.165, 1.54) is 5.56 Å². The third-order valence-electron chi connectivity index (χ3n) is 2.53. The molecule has 15 heavy (non-hydrogen) atoms. The molecule has 1 aromatic heterocycles. The summed E-state index contributed by atoms with van der Waals surface area (Å²) < 4.78 is 0. The van der Waals surface area contributed by atoms with E-state index in [1.807, 2.05) is 31.3 Å². The Bertz CT molecular complexity index is 279. The predicted molar refractivity (Wildman–Crippen MR) is 65.2 cm³/mol. The van der Waals surface area contributed by atoms with Crippen molar-refractivity contribution in [3.05, 3.63) is 23.9 Å². The minimum absolute atomic E-state index is 0.568. The highest BCUT2D eigenvalue weighted by Gasteiger charge is 2.00. The fourth-order valence-electron chi connectivity index (χ4n) is 1.22. The molecule has 0 spiro atoms. The lowest BCUT2D eigenvalue weighted by Crippen LogP contribution is -2.24. The van der Waals surface area contributed by atoms with Crippen LogP contribution in [-0.4, -0.2) is 25.1 Å². The fraction of sp³-hybridized carbons (Fsp3) is 0.583. The van der Waals surface area contributed by atoms with Gasteiger partial charge in [0.25, 0.3) is 0 Å². The molecule has 0 aliphatic rings. The summed E-state index contributed by atoms with van der Waals surface area (Å²) in [5, 5.41) is 3.44. The molecule has 3 nitrogen and oxygen atoms in total. The molecular weight excluding hydrogens is 186 g/mol. The van der Waals surface area contributed by atoms with Gasteiger partial charge in [0, 0.05) is 32.9 Å². The predicted octanol–water partition coefficient (Wildman–Crippen LogP) is 2.04. The van der Waals surface area contributed by atoms with E-state index in [1.54, 1.807) is 0 Å². The van der Waals surface area contributed by atoms with Crippen molar-refractivity contribution in [2.75, 3.05) is 19.0 Å². The molecule has 3 heteroatoms. The highest BCUT2D eigenvalue weighted by Crippen LogP contribution is 2.07. The first-order valence-electron chi connectivity index (χ1n) is 5.49. The van der Waals surface area contributed by atoms with Gasteiger partial charge in [-0.15, -0.1) is 0 Å². The average molecular weight is 207 g/mol. The number of anilines is 1. The summed E-state index contributed by atoms with van der Waals surface area (Å²) >= 11 is 0. The van der Waals surface area contributed by atoms with Gasteiger partial charge in [-0.05, 0) is 25.0 Å². The second-order valence-electron chi connectivity index (χ2n) is 4.11. The molecule has 0 aliphatic heterocycles. The van der Waals surface area contributed by atoms with Gasteiger partial charge < -0.3 is 10.2 Å². The molecule has 0 radical (unpaired) electrons. The van der Waals surface area contributed by atoms with Crippen LogP contribution in [0, 0.1) is 0 Å². The van der Waals surface area contributed by atoms with Gasteiger partial charge in [-0.3, -0.25) is 0 Å². The van der Waals surface area contributed by atoms with Crippen LogP contribution < -0.4 is 10.2 Å². The molecule has 1 unspecified atom stereocenters. The molecule has 0 saturated heterocycles. The van der Waals surface area contributed by atoms with Crippen molar-refractivity contribution in [3.8, 4) is 0 Å². The summed E-state index contributed by atoms with van der Waals surface area (Å²) in [6, 6.07) is 4.74. The van der Waals surface area contributed by atoms with Gasteiger partial charge in [-0.1, -0.05) is 13.0 Å². The molecule has 1 N–H and O–H groups in total. The minimum atomic E-state index is 0.568. The van der Waals surface area contributed by atoms with E-state index in [0.717, 1.165) is 18.8 Å². The SMILES string of the molecule is CCC(C)NCc1ccc(N(C)C)nc1. The smallest absolute Gasteiger partial charge is 0.127 e. The normalized spacial score (nSPS) is 12.5.